The van der Waals surface area contributed by atoms with Gasteiger partial charge in [0.1, 0.15) is 5.82 Å². The van der Waals surface area contributed by atoms with Gasteiger partial charge in [0, 0.05) is 43.4 Å². The second-order valence-corrected chi connectivity index (χ2v) is 6.88. The molecule has 142 valence electrons. The van der Waals surface area contributed by atoms with Crippen molar-refractivity contribution in [2.24, 2.45) is 7.05 Å². The topological polar surface area (TPSA) is 63.9 Å². The molecule has 1 fully saturated rings. The van der Waals surface area contributed by atoms with Crippen molar-refractivity contribution < 1.29 is 9.18 Å². The van der Waals surface area contributed by atoms with Crippen LogP contribution in [-0.4, -0.2) is 43.9 Å². The van der Waals surface area contributed by atoms with Gasteiger partial charge >= 0.3 is 0 Å². The molecule has 1 aromatic carbocycles. The molecular formula is C21H20FN5O. The van der Waals surface area contributed by atoms with Gasteiger partial charge in [-0.05, 0) is 48.9 Å². The molecular weight excluding hydrogens is 357 g/mol. The number of rotatable bonds is 4. The van der Waals surface area contributed by atoms with Crippen molar-refractivity contribution >= 4 is 5.91 Å². The average molecular weight is 377 g/mol. The number of carbonyl (C=O) groups is 1. The van der Waals surface area contributed by atoms with Crippen LogP contribution in [0.5, 0.6) is 0 Å². The molecule has 2 aromatic heterocycles. The van der Waals surface area contributed by atoms with E-state index in [2.05, 4.69) is 21.9 Å². The highest BCUT2D eigenvalue weighted by Crippen LogP contribution is 2.34. The van der Waals surface area contributed by atoms with Gasteiger partial charge in [0.25, 0.3) is 0 Å². The van der Waals surface area contributed by atoms with Crippen LogP contribution >= 0.6 is 0 Å². The van der Waals surface area contributed by atoms with Crippen molar-refractivity contribution in [3.8, 4) is 22.5 Å². The van der Waals surface area contributed by atoms with Crippen molar-refractivity contribution in [3.63, 3.8) is 0 Å². The van der Waals surface area contributed by atoms with Crippen molar-refractivity contribution in [2.75, 3.05) is 13.1 Å². The summed E-state index contributed by atoms with van der Waals surface area (Å²) in [5.74, 6) is -0.287. The highest BCUT2D eigenvalue weighted by molar-refractivity contribution is 5.87. The van der Waals surface area contributed by atoms with Crippen LogP contribution in [0, 0.1) is 5.82 Å². The first kappa shape index (κ1) is 18.0. The van der Waals surface area contributed by atoms with Gasteiger partial charge in [0.05, 0.1) is 17.1 Å². The largest absolute Gasteiger partial charge is 0.338 e. The van der Waals surface area contributed by atoms with Crippen molar-refractivity contribution in [1.29, 1.82) is 0 Å². The van der Waals surface area contributed by atoms with Crippen molar-refractivity contribution in [1.82, 2.24) is 24.9 Å². The quantitative estimate of drug-likeness (QED) is 0.655. The van der Waals surface area contributed by atoms with E-state index in [-0.39, 0.29) is 17.6 Å². The number of carbonyl (C=O) groups excluding carboxylic acids is 1. The molecule has 0 unspecified atom stereocenters. The number of aryl methyl sites for hydroxylation is 1. The number of halogens is 1. The molecule has 0 radical (unpaired) electrons. The number of likely N-dealkylation sites (tertiary alicyclic amines) is 1. The normalized spacial score (nSPS) is 16.4. The average Bonchev–Trinajstić information content (AvgIpc) is 3.37. The molecule has 4 rings (SSSR count). The minimum Gasteiger partial charge on any atom is -0.338 e. The van der Waals surface area contributed by atoms with Crippen LogP contribution in [0.1, 0.15) is 18.0 Å². The second kappa shape index (κ2) is 7.34. The Labute approximate surface area is 162 Å². The highest BCUT2D eigenvalue weighted by Gasteiger charge is 2.30. The fourth-order valence-corrected chi connectivity index (χ4v) is 3.54. The number of benzene rings is 1. The lowest BCUT2D eigenvalue weighted by molar-refractivity contribution is -0.125. The smallest absolute Gasteiger partial charge is 0.245 e. The molecule has 3 aromatic rings. The van der Waals surface area contributed by atoms with Crippen molar-refractivity contribution in [2.45, 2.75) is 12.3 Å². The van der Waals surface area contributed by atoms with Gasteiger partial charge in [-0.3, -0.25) is 9.48 Å². The Bertz CT molecular complexity index is 1030. The molecule has 28 heavy (non-hydrogen) atoms. The van der Waals surface area contributed by atoms with E-state index < -0.39 is 0 Å². The first-order valence-electron chi connectivity index (χ1n) is 9.10. The van der Waals surface area contributed by atoms with Crippen LogP contribution in [0.2, 0.25) is 0 Å². The minimum atomic E-state index is -0.295. The third-order valence-corrected chi connectivity index (χ3v) is 5.01. The van der Waals surface area contributed by atoms with E-state index in [1.165, 1.54) is 18.2 Å². The van der Waals surface area contributed by atoms with Gasteiger partial charge in [-0.25, -0.2) is 4.39 Å². The lowest BCUT2D eigenvalue weighted by atomic mass is 9.96. The number of hydrogen-bond acceptors (Lipinski definition) is 4. The lowest BCUT2D eigenvalue weighted by Gasteiger charge is -2.16. The predicted molar refractivity (Wildman–Crippen MR) is 104 cm³/mol. The van der Waals surface area contributed by atoms with Crippen LogP contribution in [0.4, 0.5) is 4.39 Å². The van der Waals surface area contributed by atoms with Gasteiger partial charge in [-0.1, -0.05) is 6.58 Å². The third-order valence-electron chi connectivity index (χ3n) is 5.01. The molecule has 0 bridgehead atoms. The molecule has 3 heterocycles. The first-order valence-corrected chi connectivity index (χ1v) is 9.10. The predicted octanol–water partition coefficient (Wildman–Crippen LogP) is 3.19. The molecule has 1 aliphatic rings. The monoisotopic (exact) mass is 377 g/mol. The Hall–Kier alpha value is -3.35. The summed E-state index contributed by atoms with van der Waals surface area (Å²) in [5.41, 5.74) is 3.94. The zero-order valence-electron chi connectivity index (χ0n) is 15.5. The fraction of sp³-hybridized carbons (Fsp3) is 0.238. The molecule has 0 N–H and O–H groups in total. The molecule has 1 saturated heterocycles. The van der Waals surface area contributed by atoms with Crippen LogP contribution in [0.3, 0.4) is 0 Å². The number of nitrogens with zero attached hydrogens (tertiary/aromatic N) is 5. The zero-order valence-corrected chi connectivity index (χ0v) is 15.5. The Kier molecular flexibility index (Phi) is 4.73. The Balaban J connectivity index is 1.75. The molecule has 0 aliphatic carbocycles. The summed E-state index contributed by atoms with van der Waals surface area (Å²) >= 11 is 0. The van der Waals surface area contributed by atoms with E-state index in [9.17, 15) is 9.18 Å². The lowest BCUT2D eigenvalue weighted by Crippen LogP contribution is -2.26. The summed E-state index contributed by atoms with van der Waals surface area (Å²) in [6.07, 6.45) is 4.02. The molecule has 1 aliphatic heterocycles. The summed E-state index contributed by atoms with van der Waals surface area (Å²) in [6.45, 7) is 4.81. The maximum atomic E-state index is 13.3. The summed E-state index contributed by atoms with van der Waals surface area (Å²) in [6, 6.07) is 10.0. The maximum absolute atomic E-state index is 13.3. The maximum Gasteiger partial charge on any atom is 0.245 e. The Morgan fingerprint density at radius 3 is 2.68 bits per heavy atom. The van der Waals surface area contributed by atoms with Gasteiger partial charge in [0.15, 0.2) is 0 Å². The van der Waals surface area contributed by atoms with Crippen LogP contribution < -0.4 is 0 Å². The Morgan fingerprint density at radius 1 is 1.21 bits per heavy atom. The van der Waals surface area contributed by atoms with Gasteiger partial charge in [-0.2, -0.15) is 15.3 Å². The molecule has 0 saturated carbocycles. The standard InChI is InChI=1S/C21H20FN5O/c1-3-20(28)27-11-8-15(13-27)21-17(18-9-10-26(2)25-18)12-19(23-24-21)14-4-6-16(22)7-5-14/h3-7,9-10,12,15H,1,8,11,13H2,2H3/t15-/m0/s1. The fourth-order valence-electron chi connectivity index (χ4n) is 3.54. The summed E-state index contributed by atoms with van der Waals surface area (Å²) in [4.78, 5) is 13.7. The number of hydrogen-bond donors (Lipinski definition) is 0. The number of amides is 1. The third kappa shape index (κ3) is 3.43. The second-order valence-electron chi connectivity index (χ2n) is 6.88. The van der Waals surface area contributed by atoms with E-state index in [1.807, 2.05) is 25.4 Å². The van der Waals surface area contributed by atoms with Crippen LogP contribution in [0.25, 0.3) is 22.5 Å². The summed E-state index contributed by atoms with van der Waals surface area (Å²) in [7, 11) is 1.86. The van der Waals surface area contributed by atoms with Crippen LogP contribution in [0.15, 0.2) is 55.3 Å². The number of aromatic nitrogens is 4. The van der Waals surface area contributed by atoms with Gasteiger partial charge in [0.2, 0.25) is 5.91 Å². The van der Waals surface area contributed by atoms with E-state index in [4.69, 9.17) is 0 Å². The molecule has 0 spiro atoms. The van der Waals surface area contributed by atoms with Crippen LogP contribution in [-0.2, 0) is 11.8 Å². The minimum absolute atomic E-state index is 0.0715. The summed E-state index contributed by atoms with van der Waals surface area (Å²) < 4.78 is 15.0. The van der Waals surface area contributed by atoms with E-state index in [0.29, 0.717) is 18.8 Å². The van der Waals surface area contributed by atoms with E-state index >= 15 is 0 Å². The van der Waals surface area contributed by atoms with Gasteiger partial charge in [-0.15, -0.1) is 0 Å². The van der Waals surface area contributed by atoms with Gasteiger partial charge < -0.3 is 4.90 Å². The molecule has 1 atom stereocenters. The van der Waals surface area contributed by atoms with E-state index in [1.54, 1.807) is 21.7 Å². The Morgan fingerprint density at radius 2 is 2.00 bits per heavy atom. The first-order chi connectivity index (χ1) is 13.5. The molecule has 6 nitrogen and oxygen atoms in total. The summed E-state index contributed by atoms with van der Waals surface area (Å²) in [5, 5.41) is 13.4. The highest BCUT2D eigenvalue weighted by atomic mass is 19.1. The van der Waals surface area contributed by atoms with Crippen molar-refractivity contribution in [3.05, 3.63) is 66.8 Å². The SMILES string of the molecule is C=CC(=O)N1CC[C@H](c2nnc(-c3ccc(F)cc3)cc2-c2ccn(C)n2)C1. The van der Waals surface area contributed by atoms with E-state index in [0.717, 1.165) is 28.9 Å². The molecule has 1 amide bonds. The molecule has 7 heteroatoms. The zero-order chi connectivity index (χ0) is 19.7.